The summed E-state index contributed by atoms with van der Waals surface area (Å²) in [7, 11) is 0. The lowest BCUT2D eigenvalue weighted by Crippen LogP contribution is -2.23. The van der Waals surface area contributed by atoms with Crippen molar-refractivity contribution in [2.45, 2.75) is 6.54 Å². The third kappa shape index (κ3) is 3.66. The zero-order valence-corrected chi connectivity index (χ0v) is 15.1. The fourth-order valence-electron chi connectivity index (χ4n) is 2.25. The standard InChI is InChI=1S/C18H13N5OS2/c24-16(14-11-26-18(23-14)15-19-7-4-8-20-15)21-9-13-10-25-17(22-13)12-5-2-1-3-6-12/h1-8,10-11H,9H2,(H,21,24). The van der Waals surface area contributed by atoms with E-state index in [9.17, 15) is 4.79 Å². The van der Waals surface area contributed by atoms with Gasteiger partial charge in [0.15, 0.2) is 10.8 Å². The predicted octanol–water partition coefficient (Wildman–Crippen LogP) is 3.65. The summed E-state index contributed by atoms with van der Waals surface area (Å²) in [6, 6.07) is 11.7. The molecule has 6 nitrogen and oxygen atoms in total. The number of hydrogen-bond acceptors (Lipinski definition) is 7. The Morgan fingerprint density at radius 2 is 1.69 bits per heavy atom. The van der Waals surface area contributed by atoms with Crippen LogP contribution >= 0.6 is 22.7 Å². The molecule has 0 radical (unpaired) electrons. The Hall–Kier alpha value is -2.97. The van der Waals surface area contributed by atoms with E-state index in [1.54, 1.807) is 35.2 Å². The van der Waals surface area contributed by atoms with Gasteiger partial charge < -0.3 is 5.32 Å². The van der Waals surface area contributed by atoms with E-state index in [0.717, 1.165) is 16.3 Å². The molecule has 1 aromatic carbocycles. The minimum Gasteiger partial charge on any atom is -0.345 e. The Morgan fingerprint density at radius 3 is 2.50 bits per heavy atom. The molecule has 0 atom stereocenters. The summed E-state index contributed by atoms with van der Waals surface area (Å²) in [6.07, 6.45) is 3.30. The molecule has 4 aromatic rings. The molecule has 3 aromatic heterocycles. The third-order valence-electron chi connectivity index (χ3n) is 3.50. The number of amides is 1. The van der Waals surface area contributed by atoms with E-state index in [-0.39, 0.29) is 5.91 Å². The Labute approximate surface area is 157 Å². The zero-order chi connectivity index (χ0) is 17.8. The van der Waals surface area contributed by atoms with Crippen molar-refractivity contribution in [3.05, 3.63) is 70.9 Å². The van der Waals surface area contributed by atoms with Crippen molar-refractivity contribution in [3.8, 4) is 21.4 Å². The molecule has 0 saturated carbocycles. The molecule has 0 aliphatic heterocycles. The summed E-state index contributed by atoms with van der Waals surface area (Å²) in [4.78, 5) is 29.5. The molecule has 0 fully saturated rings. The second-order valence-corrected chi connectivity index (χ2v) is 7.02. The first kappa shape index (κ1) is 16.5. The molecule has 4 rings (SSSR count). The van der Waals surface area contributed by atoms with Crippen molar-refractivity contribution in [2.24, 2.45) is 0 Å². The van der Waals surface area contributed by atoms with Crippen molar-refractivity contribution in [3.63, 3.8) is 0 Å². The van der Waals surface area contributed by atoms with Gasteiger partial charge in [-0.25, -0.2) is 19.9 Å². The van der Waals surface area contributed by atoms with Crippen LogP contribution in [0.4, 0.5) is 0 Å². The lowest BCUT2D eigenvalue weighted by Gasteiger charge is -2.00. The molecule has 26 heavy (non-hydrogen) atoms. The van der Waals surface area contributed by atoms with Crippen LogP contribution in [0.3, 0.4) is 0 Å². The normalized spacial score (nSPS) is 10.6. The number of thiazole rings is 2. The van der Waals surface area contributed by atoms with Gasteiger partial charge in [-0.15, -0.1) is 22.7 Å². The van der Waals surface area contributed by atoms with Crippen LogP contribution in [0.25, 0.3) is 21.4 Å². The van der Waals surface area contributed by atoms with E-state index in [1.807, 2.05) is 35.7 Å². The van der Waals surface area contributed by atoms with Crippen LogP contribution in [0.2, 0.25) is 0 Å². The fourth-order valence-corrected chi connectivity index (χ4v) is 3.82. The molecule has 0 bridgehead atoms. The van der Waals surface area contributed by atoms with Crippen LogP contribution in [-0.4, -0.2) is 25.8 Å². The largest absolute Gasteiger partial charge is 0.345 e. The number of nitrogens with zero attached hydrogens (tertiary/aromatic N) is 4. The van der Waals surface area contributed by atoms with Crippen LogP contribution in [0, 0.1) is 0 Å². The Balaban J connectivity index is 1.40. The summed E-state index contributed by atoms with van der Waals surface area (Å²) in [5.74, 6) is 0.279. The van der Waals surface area contributed by atoms with Gasteiger partial charge in [0, 0.05) is 28.7 Å². The maximum atomic E-state index is 12.3. The van der Waals surface area contributed by atoms with E-state index >= 15 is 0 Å². The van der Waals surface area contributed by atoms with Gasteiger partial charge in [0.2, 0.25) is 0 Å². The first-order chi connectivity index (χ1) is 12.8. The zero-order valence-electron chi connectivity index (χ0n) is 13.5. The molecule has 3 heterocycles. The second-order valence-electron chi connectivity index (χ2n) is 5.30. The molecule has 128 valence electrons. The Kier molecular flexibility index (Phi) is 4.76. The fraction of sp³-hybridized carbons (Fsp3) is 0.0556. The van der Waals surface area contributed by atoms with E-state index in [0.29, 0.717) is 23.1 Å². The summed E-state index contributed by atoms with van der Waals surface area (Å²) in [5, 5.41) is 8.07. The highest BCUT2D eigenvalue weighted by molar-refractivity contribution is 7.13. The van der Waals surface area contributed by atoms with Gasteiger partial charge in [-0.1, -0.05) is 30.3 Å². The molecule has 0 unspecified atom stereocenters. The quantitative estimate of drug-likeness (QED) is 0.572. The number of carbonyl (C=O) groups is 1. The highest BCUT2D eigenvalue weighted by Gasteiger charge is 2.13. The van der Waals surface area contributed by atoms with E-state index in [2.05, 4.69) is 25.3 Å². The van der Waals surface area contributed by atoms with Crippen molar-refractivity contribution in [1.29, 1.82) is 0 Å². The van der Waals surface area contributed by atoms with Crippen molar-refractivity contribution < 1.29 is 4.79 Å². The molecule has 8 heteroatoms. The van der Waals surface area contributed by atoms with Gasteiger partial charge >= 0.3 is 0 Å². The average molecular weight is 379 g/mol. The summed E-state index contributed by atoms with van der Waals surface area (Å²) in [6.45, 7) is 0.358. The van der Waals surface area contributed by atoms with Crippen LogP contribution in [0.15, 0.2) is 59.6 Å². The summed E-state index contributed by atoms with van der Waals surface area (Å²) in [5.41, 5.74) is 2.25. The molecule has 0 saturated heterocycles. The maximum absolute atomic E-state index is 12.3. The topological polar surface area (TPSA) is 80.7 Å². The first-order valence-electron chi connectivity index (χ1n) is 7.80. The van der Waals surface area contributed by atoms with Crippen LogP contribution < -0.4 is 5.32 Å². The van der Waals surface area contributed by atoms with Crippen LogP contribution in [0.1, 0.15) is 16.2 Å². The SMILES string of the molecule is O=C(NCc1csc(-c2ccccc2)n1)c1csc(-c2ncccn2)n1. The molecular weight excluding hydrogens is 366 g/mol. The third-order valence-corrected chi connectivity index (χ3v) is 5.27. The summed E-state index contributed by atoms with van der Waals surface area (Å²) >= 11 is 2.90. The molecule has 1 amide bonds. The van der Waals surface area contributed by atoms with Gasteiger partial charge in [-0.3, -0.25) is 4.79 Å². The van der Waals surface area contributed by atoms with E-state index in [1.165, 1.54) is 11.3 Å². The number of carbonyl (C=O) groups excluding carboxylic acids is 1. The molecule has 0 aliphatic rings. The van der Waals surface area contributed by atoms with Gasteiger partial charge in [-0.2, -0.15) is 0 Å². The molecule has 1 N–H and O–H groups in total. The lowest BCUT2D eigenvalue weighted by molar-refractivity contribution is 0.0946. The lowest BCUT2D eigenvalue weighted by atomic mass is 10.2. The van der Waals surface area contributed by atoms with Crippen LogP contribution in [0.5, 0.6) is 0 Å². The first-order valence-corrected chi connectivity index (χ1v) is 9.56. The molecular formula is C18H13N5OS2. The summed E-state index contributed by atoms with van der Waals surface area (Å²) < 4.78 is 0. The van der Waals surface area contributed by atoms with Gasteiger partial charge in [0.25, 0.3) is 5.91 Å². The number of benzene rings is 1. The van der Waals surface area contributed by atoms with Crippen molar-refractivity contribution >= 4 is 28.6 Å². The smallest absolute Gasteiger partial charge is 0.271 e. The number of rotatable bonds is 5. The van der Waals surface area contributed by atoms with Gasteiger partial charge in [-0.05, 0) is 6.07 Å². The average Bonchev–Trinajstić information content (AvgIpc) is 3.37. The van der Waals surface area contributed by atoms with E-state index < -0.39 is 0 Å². The highest BCUT2D eigenvalue weighted by atomic mass is 32.1. The van der Waals surface area contributed by atoms with Crippen molar-refractivity contribution in [2.75, 3.05) is 0 Å². The predicted molar refractivity (Wildman–Crippen MR) is 102 cm³/mol. The van der Waals surface area contributed by atoms with Crippen molar-refractivity contribution in [1.82, 2.24) is 25.3 Å². The Morgan fingerprint density at radius 1 is 0.923 bits per heavy atom. The number of aromatic nitrogens is 4. The monoisotopic (exact) mass is 379 g/mol. The van der Waals surface area contributed by atoms with Crippen LogP contribution in [-0.2, 0) is 6.54 Å². The maximum Gasteiger partial charge on any atom is 0.271 e. The molecule has 0 aliphatic carbocycles. The second kappa shape index (κ2) is 7.51. The minimum atomic E-state index is -0.238. The van der Waals surface area contributed by atoms with Gasteiger partial charge in [0.05, 0.1) is 12.2 Å². The number of hydrogen-bond donors (Lipinski definition) is 1. The molecule has 0 spiro atoms. The Bertz CT molecular complexity index is 1010. The van der Waals surface area contributed by atoms with Gasteiger partial charge in [0.1, 0.15) is 10.7 Å². The van der Waals surface area contributed by atoms with E-state index in [4.69, 9.17) is 0 Å². The highest BCUT2D eigenvalue weighted by Crippen LogP contribution is 2.23. The number of nitrogens with one attached hydrogen (secondary N) is 1. The minimum absolute atomic E-state index is 0.238.